The molecule has 0 saturated carbocycles. The molecule has 0 aliphatic heterocycles. The number of methoxy groups -OCH3 is 2. The third-order valence-electron chi connectivity index (χ3n) is 3.90. The lowest BCUT2D eigenvalue weighted by Crippen LogP contribution is -2.39. The quantitative estimate of drug-likeness (QED) is 0.758. The molecule has 0 radical (unpaired) electrons. The van der Waals surface area contributed by atoms with Crippen molar-refractivity contribution in [3.63, 3.8) is 0 Å². The summed E-state index contributed by atoms with van der Waals surface area (Å²) >= 11 is 0. The first kappa shape index (κ1) is 18.1. The number of nitrogens with two attached hydrogens (primary N) is 1. The molecule has 0 bridgehead atoms. The summed E-state index contributed by atoms with van der Waals surface area (Å²) in [7, 11) is 3.46. The van der Waals surface area contributed by atoms with Gasteiger partial charge in [0.15, 0.2) is 0 Å². The van der Waals surface area contributed by atoms with Gasteiger partial charge in [0.25, 0.3) is 0 Å². The van der Waals surface area contributed by atoms with Crippen LogP contribution in [0.25, 0.3) is 0 Å². The highest BCUT2D eigenvalue weighted by Gasteiger charge is 2.22. The molecule has 120 valence electrons. The van der Waals surface area contributed by atoms with Crippen LogP contribution in [0, 0.1) is 20.8 Å². The van der Waals surface area contributed by atoms with Crippen molar-refractivity contribution in [1.29, 1.82) is 0 Å². The van der Waals surface area contributed by atoms with E-state index in [1.807, 2.05) is 0 Å². The Labute approximate surface area is 129 Å². The summed E-state index contributed by atoms with van der Waals surface area (Å²) in [5.74, 6) is 0. The maximum absolute atomic E-state index is 6.10. The molecule has 0 aromatic heterocycles. The second-order valence-electron chi connectivity index (χ2n) is 5.59. The number of nitrogens with zero attached hydrogens (tertiary/aromatic N) is 1. The molecule has 1 aromatic rings. The third kappa shape index (κ3) is 5.08. The van der Waals surface area contributed by atoms with Gasteiger partial charge in [-0.05, 0) is 37.5 Å². The number of rotatable bonds is 9. The van der Waals surface area contributed by atoms with E-state index in [-0.39, 0.29) is 6.04 Å². The van der Waals surface area contributed by atoms with Gasteiger partial charge in [0, 0.05) is 39.9 Å². The Kier molecular flexibility index (Phi) is 7.89. The fourth-order valence-electron chi connectivity index (χ4n) is 3.01. The van der Waals surface area contributed by atoms with Crippen molar-refractivity contribution in [3.05, 3.63) is 34.4 Å². The number of ether oxygens (including phenoxy) is 2. The standard InChI is InChI=1S/C17H30N2O2/c1-13-10-14(2)17(15(3)11-13)16(12-18)19(6-8-20-4)7-9-21-5/h10-11,16H,6-9,12,18H2,1-5H3. The fourth-order valence-corrected chi connectivity index (χ4v) is 3.01. The Balaban J connectivity index is 3.06. The van der Waals surface area contributed by atoms with Gasteiger partial charge in [0.1, 0.15) is 0 Å². The Morgan fingerprint density at radius 2 is 1.48 bits per heavy atom. The first-order chi connectivity index (χ1) is 10.0. The van der Waals surface area contributed by atoms with Crippen LogP contribution >= 0.6 is 0 Å². The number of benzene rings is 1. The van der Waals surface area contributed by atoms with Gasteiger partial charge >= 0.3 is 0 Å². The summed E-state index contributed by atoms with van der Waals surface area (Å²) in [6.07, 6.45) is 0. The van der Waals surface area contributed by atoms with Crippen LogP contribution in [-0.2, 0) is 9.47 Å². The Morgan fingerprint density at radius 1 is 1.00 bits per heavy atom. The highest BCUT2D eigenvalue weighted by Crippen LogP contribution is 2.27. The first-order valence-electron chi connectivity index (χ1n) is 7.54. The van der Waals surface area contributed by atoms with Crippen molar-refractivity contribution in [3.8, 4) is 0 Å². The molecule has 1 atom stereocenters. The number of hydrogen-bond donors (Lipinski definition) is 1. The molecule has 0 heterocycles. The number of hydrogen-bond acceptors (Lipinski definition) is 4. The van der Waals surface area contributed by atoms with Gasteiger partial charge in [-0.3, -0.25) is 4.90 Å². The molecular formula is C17H30N2O2. The molecular weight excluding hydrogens is 264 g/mol. The topological polar surface area (TPSA) is 47.7 Å². The highest BCUT2D eigenvalue weighted by atomic mass is 16.5. The zero-order valence-corrected chi connectivity index (χ0v) is 14.1. The minimum Gasteiger partial charge on any atom is -0.383 e. The van der Waals surface area contributed by atoms with E-state index in [2.05, 4.69) is 37.8 Å². The van der Waals surface area contributed by atoms with Crippen molar-refractivity contribution in [2.45, 2.75) is 26.8 Å². The second kappa shape index (κ2) is 9.15. The van der Waals surface area contributed by atoms with E-state index in [0.29, 0.717) is 19.8 Å². The highest BCUT2D eigenvalue weighted by molar-refractivity contribution is 5.40. The van der Waals surface area contributed by atoms with E-state index in [0.717, 1.165) is 13.1 Å². The Hall–Kier alpha value is -0.940. The van der Waals surface area contributed by atoms with E-state index in [9.17, 15) is 0 Å². The molecule has 0 spiro atoms. The smallest absolute Gasteiger partial charge is 0.0589 e. The predicted octanol–water partition coefficient (Wildman–Crippen LogP) is 2.21. The van der Waals surface area contributed by atoms with E-state index in [1.54, 1.807) is 14.2 Å². The van der Waals surface area contributed by atoms with Gasteiger partial charge in [-0.15, -0.1) is 0 Å². The third-order valence-corrected chi connectivity index (χ3v) is 3.90. The molecule has 21 heavy (non-hydrogen) atoms. The summed E-state index contributed by atoms with van der Waals surface area (Å²) in [5.41, 5.74) is 11.4. The molecule has 0 fully saturated rings. The van der Waals surface area contributed by atoms with Crippen molar-refractivity contribution in [1.82, 2.24) is 4.90 Å². The molecule has 0 aliphatic rings. The van der Waals surface area contributed by atoms with E-state index in [4.69, 9.17) is 15.2 Å². The minimum atomic E-state index is 0.205. The molecule has 0 saturated heterocycles. The summed E-state index contributed by atoms with van der Waals surface area (Å²) in [4.78, 5) is 2.36. The van der Waals surface area contributed by atoms with Crippen LogP contribution in [0.3, 0.4) is 0 Å². The minimum absolute atomic E-state index is 0.205. The lowest BCUT2D eigenvalue weighted by atomic mass is 9.93. The summed E-state index contributed by atoms with van der Waals surface area (Å²) in [6.45, 7) is 10.2. The molecule has 0 aliphatic carbocycles. The molecule has 2 N–H and O–H groups in total. The SMILES string of the molecule is COCCN(CCOC)C(CN)c1c(C)cc(C)cc1C. The average molecular weight is 294 g/mol. The number of aryl methyl sites for hydroxylation is 3. The van der Waals surface area contributed by atoms with Crippen LogP contribution in [-0.4, -0.2) is 52.0 Å². The van der Waals surface area contributed by atoms with Gasteiger partial charge in [-0.1, -0.05) is 17.7 Å². The monoisotopic (exact) mass is 294 g/mol. The fraction of sp³-hybridized carbons (Fsp3) is 0.647. The summed E-state index contributed by atoms with van der Waals surface area (Å²) in [5, 5.41) is 0. The summed E-state index contributed by atoms with van der Waals surface area (Å²) in [6, 6.07) is 4.67. The van der Waals surface area contributed by atoms with Crippen LogP contribution in [0.4, 0.5) is 0 Å². The van der Waals surface area contributed by atoms with E-state index < -0.39 is 0 Å². The van der Waals surface area contributed by atoms with Crippen molar-refractivity contribution in [2.75, 3.05) is 47.1 Å². The lowest BCUT2D eigenvalue weighted by molar-refractivity contribution is 0.0887. The normalized spacial score (nSPS) is 12.9. The zero-order chi connectivity index (χ0) is 15.8. The Morgan fingerprint density at radius 3 is 1.86 bits per heavy atom. The van der Waals surface area contributed by atoms with Crippen LogP contribution in [0.2, 0.25) is 0 Å². The van der Waals surface area contributed by atoms with Crippen molar-refractivity contribution < 1.29 is 9.47 Å². The average Bonchev–Trinajstić information content (AvgIpc) is 2.43. The summed E-state index contributed by atoms with van der Waals surface area (Å²) < 4.78 is 10.5. The molecule has 1 unspecified atom stereocenters. The van der Waals surface area contributed by atoms with Crippen LogP contribution in [0.15, 0.2) is 12.1 Å². The van der Waals surface area contributed by atoms with Gasteiger partial charge in [-0.2, -0.15) is 0 Å². The van der Waals surface area contributed by atoms with Crippen molar-refractivity contribution in [2.24, 2.45) is 5.73 Å². The first-order valence-corrected chi connectivity index (χ1v) is 7.54. The largest absolute Gasteiger partial charge is 0.383 e. The van der Waals surface area contributed by atoms with Gasteiger partial charge in [0.05, 0.1) is 13.2 Å². The maximum atomic E-state index is 6.10. The van der Waals surface area contributed by atoms with Gasteiger partial charge in [-0.25, -0.2) is 0 Å². The molecule has 1 rings (SSSR count). The molecule has 1 aromatic carbocycles. The maximum Gasteiger partial charge on any atom is 0.0589 e. The van der Waals surface area contributed by atoms with Gasteiger partial charge < -0.3 is 15.2 Å². The van der Waals surface area contributed by atoms with E-state index in [1.165, 1.54) is 22.3 Å². The zero-order valence-electron chi connectivity index (χ0n) is 14.1. The van der Waals surface area contributed by atoms with Gasteiger partial charge in [0.2, 0.25) is 0 Å². The Bertz CT molecular complexity index is 404. The van der Waals surface area contributed by atoms with Crippen LogP contribution in [0.1, 0.15) is 28.3 Å². The molecule has 4 heteroatoms. The predicted molar refractivity (Wildman–Crippen MR) is 87.8 cm³/mol. The van der Waals surface area contributed by atoms with Crippen LogP contribution in [0.5, 0.6) is 0 Å². The van der Waals surface area contributed by atoms with Crippen LogP contribution < -0.4 is 5.73 Å². The molecule has 4 nitrogen and oxygen atoms in total. The van der Waals surface area contributed by atoms with E-state index >= 15 is 0 Å². The molecule has 0 amide bonds. The lowest BCUT2D eigenvalue weighted by Gasteiger charge is -2.33. The van der Waals surface area contributed by atoms with Crippen molar-refractivity contribution >= 4 is 0 Å². The second-order valence-corrected chi connectivity index (χ2v) is 5.59.